The van der Waals surface area contributed by atoms with Gasteiger partial charge in [-0.1, -0.05) is 30.7 Å². The number of allylic oxidation sites excluding steroid dienone is 4. The molecule has 1 nitrogen and oxygen atoms in total. The predicted octanol–water partition coefficient (Wildman–Crippen LogP) is 3.83. The molecule has 2 atom stereocenters. The van der Waals surface area contributed by atoms with Gasteiger partial charge in [0.05, 0.1) is 6.26 Å². The van der Waals surface area contributed by atoms with Crippen molar-refractivity contribution in [3.05, 3.63) is 47.0 Å². The Kier molecular flexibility index (Phi) is 1.95. The molecule has 0 amide bonds. The van der Waals surface area contributed by atoms with Crippen LogP contribution in [0.5, 0.6) is 0 Å². The summed E-state index contributed by atoms with van der Waals surface area (Å²) in [5, 5.41) is 0. The summed E-state index contributed by atoms with van der Waals surface area (Å²) in [5.41, 5.74) is 4.54. The fourth-order valence-corrected chi connectivity index (χ4v) is 3.24. The molecule has 0 aliphatic heterocycles. The summed E-state index contributed by atoms with van der Waals surface area (Å²) in [6.45, 7) is 6.76. The highest BCUT2D eigenvalue weighted by molar-refractivity contribution is 5.38. The summed E-state index contributed by atoms with van der Waals surface area (Å²) in [5.74, 6) is 1.86. The fourth-order valence-electron chi connectivity index (χ4n) is 3.24. The topological polar surface area (TPSA) is 13.1 Å². The Bertz CT molecular complexity index is 490. The van der Waals surface area contributed by atoms with E-state index in [0.29, 0.717) is 5.92 Å². The Balaban J connectivity index is 2.09. The second-order valence-corrected chi connectivity index (χ2v) is 5.53. The summed E-state index contributed by atoms with van der Waals surface area (Å²) in [6.07, 6.45) is 10.9. The van der Waals surface area contributed by atoms with Crippen molar-refractivity contribution in [3.8, 4) is 0 Å². The van der Waals surface area contributed by atoms with Gasteiger partial charge in [-0.25, -0.2) is 0 Å². The fraction of sp³-hybridized carbons (Fsp3) is 0.467. The summed E-state index contributed by atoms with van der Waals surface area (Å²) >= 11 is 0. The van der Waals surface area contributed by atoms with Crippen molar-refractivity contribution in [2.45, 2.75) is 33.6 Å². The van der Waals surface area contributed by atoms with E-state index in [9.17, 15) is 0 Å². The molecule has 2 aliphatic rings. The van der Waals surface area contributed by atoms with Gasteiger partial charge in [0.1, 0.15) is 5.76 Å². The van der Waals surface area contributed by atoms with Crippen LogP contribution in [-0.2, 0) is 12.8 Å². The third kappa shape index (κ3) is 1.24. The van der Waals surface area contributed by atoms with E-state index in [1.165, 1.54) is 22.5 Å². The van der Waals surface area contributed by atoms with E-state index in [2.05, 4.69) is 39.0 Å². The monoisotopic (exact) mass is 214 g/mol. The average molecular weight is 214 g/mol. The predicted molar refractivity (Wildman–Crippen MR) is 65.3 cm³/mol. The molecule has 3 rings (SSSR count). The molecular formula is C15H18O. The van der Waals surface area contributed by atoms with E-state index in [4.69, 9.17) is 4.42 Å². The maximum Gasteiger partial charge on any atom is 0.108 e. The van der Waals surface area contributed by atoms with E-state index in [0.717, 1.165) is 12.8 Å². The van der Waals surface area contributed by atoms with Crippen molar-refractivity contribution < 1.29 is 4.42 Å². The van der Waals surface area contributed by atoms with Crippen molar-refractivity contribution in [2.24, 2.45) is 11.3 Å². The number of hydrogen-bond donors (Lipinski definition) is 0. The zero-order chi connectivity index (χ0) is 11.3. The second kappa shape index (κ2) is 3.13. The summed E-state index contributed by atoms with van der Waals surface area (Å²) in [6, 6.07) is 0. The Morgan fingerprint density at radius 2 is 2.19 bits per heavy atom. The molecule has 2 aliphatic carbocycles. The lowest BCUT2D eigenvalue weighted by Crippen LogP contribution is -2.35. The molecule has 84 valence electrons. The first-order valence-corrected chi connectivity index (χ1v) is 6.02. The van der Waals surface area contributed by atoms with Gasteiger partial charge in [-0.05, 0) is 42.7 Å². The number of furan rings is 1. The average Bonchev–Trinajstić information content (AvgIpc) is 2.57. The quantitative estimate of drug-likeness (QED) is 0.639. The van der Waals surface area contributed by atoms with E-state index in [1.54, 1.807) is 0 Å². The van der Waals surface area contributed by atoms with Gasteiger partial charge in [-0.15, -0.1) is 0 Å². The summed E-state index contributed by atoms with van der Waals surface area (Å²) in [7, 11) is 0. The van der Waals surface area contributed by atoms with Crippen LogP contribution in [0.4, 0.5) is 0 Å². The SMILES string of the molecule is CC1=CC=C[C@@]2(C)Cc3occ(C)c3C[C@@H]12. The van der Waals surface area contributed by atoms with Crippen LogP contribution in [0.2, 0.25) is 0 Å². The molecule has 1 aromatic rings. The Labute approximate surface area is 96.8 Å². The van der Waals surface area contributed by atoms with E-state index in [-0.39, 0.29) is 5.41 Å². The van der Waals surface area contributed by atoms with Gasteiger partial charge >= 0.3 is 0 Å². The number of aryl methyl sites for hydroxylation is 1. The molecule has 1 heterocycles. The lowest BCUT2D eigenvalue weighted by molar-refractivity contribution is 0.244. The Morgan fingerprint density at radius 3 is 3.00 bits per heavy atom. The highest BCUT2D eigenvalue weighted by Crippen LogP contribution is 2.47. The molecule has 0 bridgehead atoms. The zero-order valence-electron chi connectivity index (χ0n) is 10.2. The van der Waals surface area contributed by atoms with Gasteiger partial charge in [-0.3, -0.25) is 0 Å². The third-order valence-corrected chi connectivity index (χ3v) is 4.32. The molecule has 0 saturated heterocycles. The minimum Gasteiger partial charge on any atom is -0.469 e. The van der Waals surface area contributed by atoms with Crippen molar-refractivity contribution in [1.29, 1.82) is 0 Å². The van der Waals surface area contributed by atoms with Gasteiger partial charge < -0.3 is 4.42 Å². The summed E-state index contributed by atoms with van der Waals surface area (Å²) in [4.78, 5) is 0. The molecule has 0 saturated carbocycles. The van der Waals surface area contributed by atoms with Gasteiger partial charge in [0.25, 0.3) is 0 Å². The first-order chi connectivity index (χ1) is 7.60. The van der Waals surface area contributed by atoms with Crippen LogP contribution in [0.1, 0.15) is 30.7 Å². The molecule has 0 spiro atoms. The minimum absolute atomic E-state index is 0.260. The smallest absolute Gasteiger partial charge is 0.108 e. The first-order valence-electron chi connectivity index (χ1n) is 6.02. The molecule has 0 radical (unpaired) electrons. The lowest BCUT2D eigenvalue weighted by atomic mass is 9.63. The molecule has 1 heteroatoms. The van der Waals surface area contributed by atoms with Crippen molar-refractivity contribution in [2.75, 3.05) is 0 Å². The van der Waals surface area contributed by atoms with Gasteiger partial charge in [0.2, 0.25) is 0 Å². The largest absolute Gasteiger partial charge is 0.469 e. The van der Waals surface area contributed by atoms with Crippen LogP contribution < -0.4 is 0 Å². The van der Waals surface area contributed by atoms with Crippen molar-refractivity contribution >= 4 is 0 Å². The maximum absolute atomic E-state index is 5.68. The number of fused-ring (bicyclic) bond motifs is 2. The van der Waals surface area contributed by atoms with Crippen molar-refractivity contribution in [3.63, 3.8) is 0 Å². The molecule has 16 heavy (non-hydrogen) atoms. The molecule has 0 aromatic carbocycles. The van der Waals surface area contributed by atoms with Crippen molar-refractivity contribution in [1.82, 2.24) is 0 Å². The van der Waals surface area contributed by atoms with Gasteiger partial charge in [0.15, 0.2) is 0 Å². The normalized spacial score (nSPS) is 31.9. The Hall–Kier alpha value is -1.24. The lowest BCUT2D eigenvalue weighted by Gasteiger charge is -2.41. The highest BCUT2D eigenvalue weighted by atomic mass is 16.3. The summed E-state index contributed by atoms with van der Waals surface area (Å²) < 4.78 is 5.68. The minimum atomic E-state index is 0.260. The molecular weight excluding hydrogens is 196 g/mol. The van der Waals surface area contributed by atoms with Gasteiger partial charge in [0, 0.05) is 6.42 Å². The molecule has 0 N–H and O–H groups in total. The standard InChI is InChI=1S/C15H18O/c1-10-5-4-6-15(3)8-14-12(7-13(10)15)11(2)9-16-14/h4-6,9,13H,7-8H2,1-3H3/t13-,15-/m0/s1. The zero-order valence-corrected chi connectivity index (χ0v) is 10.2. The second-order valence-electron chi connectivity index (χ2n) is 5.53. The highest BCUT2D eigenvalue weighted by Gasteiger charge is 2.40. The maximum atomic E-state index is 5.68. The van der Waals surface area contributed by atoms with Crippen LogP contribution >= 0.6 is 0 Å². The van der Waals surface area contributed by atoms with Crippen LogP contribution in [0.25, 0.3) is 0 Å². The van der Waals surface area contributed by atoms with Crippen LogP contribution in [0, 0.1) is 18.3 Å². The van der Waals surface area contributed by atoms with Crippen LogP contribution in [-0.4, -0.2) is 0 Å². The third-order valence-electron chi connectivity index (χ3n) is 4.32. The first kappa shape index (κ1) is 9.95. The Morgan fingerprint density at radius 1 is 1.38 bits per heavy atom. The molecule has 0 fully saturated rings. The number of hydrogen-bond acceptors (Lipinski definition) is 1. The van der Waals surface area contributed by atoms with E-state index < -0.39 is 0 Å². The van der Waals surface area contributed by atoms with Crippen LogP contribution in [0.15, 0.2) is 34.5 Å². The van der Waals surface area contributed by atoms with E-state index in [1.807, 2.05) is 6.26 Å². The number of rotatable bonds is 0. The van der Waals surface area contributed by atoms with Crippen LogP contribution in [0.3, 0.4) is 0 Å². The van der Waals surface area contributed by atoms with Gasteiger partial charge in [-0.2, -0.15) is 0 Å². The molecule has 1 aromatic heterocycles. The van der Waals surface area contributed by atoms with E-state index >= 15 is 0 Å². The molecule has 0 unspecified atom stereocenters.